The van der Waals surface area contributed by atoms with Crippen LogP contribution in [0.1, 0.15) is 17.3 Å². The number of phenols is 3. The minimum absolute atomic E-state index is 0.0152. The summed E-state index contributed by atoms with van der Waals surface area (Å²) in [5.74, 6) is -0.632. The molecule has 0 bridgehead atoms. The SMILES string of the molecule is CC(=O)c1ccc(Oc2c(O)cc3oc(-c4ccc(O)cc4)c/c(=N\O)c3c2O)cc1. The first-order chi connectivity index (χ1) is 14.9. The summed E-state index contributed by atoms with van der Waals surface area (Å²) in [6.07, 6.45) is 0. The Kier molecular flexibility index (Phi) is 4.96. The van der Waals surface area contributed by atoms with Crippen molar-refractivity contribution in [1.29, 1.82) is 0 Å². The molecule has 0 saturated carbocycles. The van der Waals surface area contributed by atoms with E-state index in [9.17, 15) is 25.3 Å². The molecule has 0 radical (unpaired) electrons. The Balaban J connectivity index is 1.83. The van der Waals surface area contributed by atoms with Gasteiger partial charge in [-0.15, -0.1) is 0 Å². The zero-order valence-electron chi connectivity index (χ0n) is 16.2. The van der Waals surface area contributed by atoms with Gasteiger partial charge in [-0.2, -0.15) is 0 Å². The van der Waals surface area contributed by atoms with Crippen LogP contribution < -0.4 is 10.1 Å². The number of rotatable bonds is 4. The van der Waals surface area contributed by atoms with Crippen molar-refractivity contribution < 1.29 is 34.5 Å². The van der Waals surface area contributed by atoms with Crippen molar-refractivity contribution in [2.24, 2.45) is 5.16 Å². The van der Waals surface area contributed by atoms with Crippen molar-refractivity contribution in [1.82, 2.24) is 0 Å². The van der Waals surface area contributed by atoms with Crippen molar-refractivity contribution >= 4 is 16.8 Å². The number of carbonyl (C=O) groups excluding carboxylic acids is 1. The minimum atomic E-state index is -0.487. The highest BCUT2D eigenvalue weighted by molar-refractivity contribution is 5.94. The van der Waals surface area contributed by atoms with Gasteiger partial charge < -0.3 is 29.7 Å². The molecule has 0 atom stereocenters. The van der Waals surface area contributed by atoms with Gasteiger partial charge in [-0.1, -0.05) is 5.16 Å². The number of ether oxygens (including phenoxy) is 1. The van der Waals surface area contributed by atoms with Crippen LogP contribution in [-0.2, 0) is 0 Å². The summed E-state index contributed by atoms with van der Waals surface area (Å²) < 4.78 is 11.4. The second-order valence-corrected chi connectivity index (χ2v) is 6.77. The summed E-state index contributed by atoms with van der Waals surface area (Å²) >= 11 is 0. The smallest absolute Gasteiger partial charge is 0.211 e. The summed E-state index contributed by atoms with van der Waals surface area (Å²) in [7, 11) is 0. The third kappa shape index (κ3) is 3.74. The molecule has 1 heterocycles. The lowest BCUT2D eigenvalue weighted by Crippen LogP contribution is -2.04. The van der Waals surface area contributed by atoms with Crippen LogP contribution >= 0.6 is 0 Å². The zero-order valence-corrected chi connectivity index (χ0v) is 16.2. The van der Waals surface area contributed by atoms with E-state index < -0.39 is 11.5 Å². The molecule has 0 fully saturated rings. The molecule has 8 heteroatoms. The zero-order chi connectivity index (χ0) is 22.1. The predicted molar refractivity (Wildman–Crippen MR) is 111 cm³/mol. The van der Waals surface area contributed by atoms with Gasteiger partial charge in [0.05, 0.1) is 5.39 Å². The van der Waals surface area contributed by atoms with Crippen LogP contribution in [0.5, 0.6) is 28.7 Å². The van der Waals surface area contributed by atoms with E-state index in [1.54, 1.807) is 24.3 Å². The third-order valence-corrected chi connectivity index (χ3v) is 4.68. The molecule has 8 nitrogen and oxygen atoms in total. The van der Waals surface area contributed by atoms with Crippen molar-refractivity contribution in [3.63, 3.8) is 0 Å². The van der Waals surface area contributed by atoms with E-state index in [4.69, 9.17) is 9.15 Å². The maximum atomic E-state index is 11.4. The van der Waals surface area contributed by atoms with Gasteiger partial charge in [0.25, 0.3) is 0 Å². The summed E-state index contributed by atoms with van der Waals surface area (Å²) in [6, 6.07) is 14.9. The monoisotopic (exact) mass is 419 g/mol. The van der Waals surface area contributed by atoms with Crippen LogP contribution in [0.4, 0.5) is 0 Å². The number of aromatic hydroxyl groups is 3. The van der Waals surface area contributed by atoms with E-state index in [1.165, 1.54) is 43.3 Å². The number of ketones is 1. The fourth-order valence-corrected chi connectivity index (χ4v) is 3.11. The molecule has 156 valence electrons. The number of fused-ring (bicyclic) bond motifs is 1. The Morgan fingerprint density at radius 3 is 2.26 bits per heavy atom. The molecule has 0 aliphatic rings. The lowest BCUT2D eigenvalue weighted by Gasteiger charge is -2.13. The number of phenolic OH excluding ortho intramolecular Hbond substituents is 3. The maximum absolute atomic E-state index is 11.4. The minimum Gasteiger partial charge on any atom is -0.508 e. The normalized spacial score (nSPS) is 11.6. The largest absolute Gasteiger partial charge is 0.508 e. The van der Waals surface area contributed by atoms with Gasteiger partial charge in [0, 0.05) is 23.3 Å². The van der Waals surface area contributed by atoms with E-state index >= 15 is 0 Å². The molecule has 4 rings (SSSR count). The van der Waals surface area contributed by atoms with Crippen molar-refractivity contribution in [3.05, 3.63) is 71.6 Å². The number of Topliss-reactive ketones (excluding diaryl/α,β-unsaturated/α-hetero) is 1. The molecule has 0 amide bonds. The lowest BCUT2D eigenvalue weighted by atomic mass is 10.1. The summed E-state index contributed by atoms with van der Waals surface area (Å²) in [6.45, 7) is 1.44. The molecule has 3 aromatic carbocycles. The Hall–Kier alpha value is -4.46. The third-order valence-electron chi connectivity index (χ3n) is 4.68. The second kappa shape index (κ2) is 7.75. The number of nitrogens with zero attached hydrogens (tertiary/aromatic N) is 1. The van der Waals surface area contributed by atoms with E-state index in [2.05, 4.69) is 5.16 Å². The van der Waals surface area contributed by atoms with Gasteiger partial charge in [-0.3, -0.25) is 4.79 Å². The first-order valence-corrected chi connectivity index (χ1v) is 9.16. The number of hydrogen-bond donors (Lipinski definition) is 4. The van der Waals surface area contributed by atoms with Gasteiger partial charge in [-0.05, 0) is 55.5 Å². The maximum Gasteiger partial charge on any atom is 0.211 e. The molecule has 4 aromatic rings. The van der Waals surface area contributed by atoms with Crippen molar-refractivity contribution in [3.8, 4) is 40.1 Å². The summed E-state index contributed by atoms with van der Waals surface area (Å²) in [4.78, 5) is 11.4. The Bertz CT molecular complexity index is 1350. The first kappa shape index (κ1) is 19.8. The Morgan fingerprint density at radius 1 is 0.968 bits per heavy atom. The summed E-state index contributed by atoms with van der Waals surface area (Å²) in [5.41, 5.74) is 1.11. The highest BCUT2D eigenvalue weighted by atomic mass is 16.5. The highest BCUT2D eigenvalue weighted by Crippen LogP contribution is 2.44. The van der Waals surface area contributed by atoms with Gasteiger partial charge in [0.15, 0.2) is 17.3 Å². The van der Waals surface area contributed by atoms with Gasteiger partial charge in [0.1, 0.15) is 28.2 Å². The molecule has 0 saturated heterocycles. The van der Waals surface area contributed by atoms with Gasteiger partial charge in [0.2, 0.25) is 5.75 Å². The van der Waals surface area contributed by atoms with Crippen LogP contribution in [0.2, 0.25) is 0 Å². The Labute approximate surface area is 175 Å². The summed E-state index contributed by atoms with van der Waals surface area (Å²) in [5, 5.41) is 43.4. The Morgan fingerprint density at radius 2 is 1.65 bits per heavy atom. The topological polar surface area (TPSA) is 133 Å². The van der Waals surface area contributed by atoms with Crippen LogP contribution in [0.25, 0.3) is 22.3 Å². The predicted octanol–water partition coefficient (Wildman–Crippen LogP) is 4.50. The second-order valence-electron chi connectivity index (χ2n) is 6.77. The molecule has 0 unspecified atom stereocenters. The number of hydrogen-bond acceptors (Lipinski definition) is 8. The van der Waals surface area contributed by atoms with E-state index in [-0.39, 0.29) is 45.1 Å². The molecule has 0 aliphatic carbocycles. The van der Waals surface area contributed by atoms with E-state index in [0.29, 0.717) is 11.1 Å². The fraction of sp³-hybridized carbons (Fsp3) is 0.0435. The van der Waals surface area contributed by atoms with Crippen LogP contribution in [-0.4, -0.2) is 26.3 Å². The van der Waals surface area contributed by atoms with Gasteiger partial charge >= 0.3 is 0 Å². The number of benzene rings is 3. The van der Waals surface area contributed by atoms with Crippen LogP contribution in [0.3, 0.4) is 0 Å². The number of carbonyl (C=O) groups is 1. The molecule has 4 N–H and O–H groups in total. The van der Waals surface area contributed by atoms with Crippen LogP contribution in [0.15, 0.2) is 70.2 Å². The van der Waals surface area contributed by atoms with Crippen molar-refractivity contribution in [2.75, 3.05) is 0 Å². The average Bonchev–Trinajstić information content (AvgIpc) is 2.76. The molecular formula is C23H17NO7. The standard InChI is InChI=1S/C23H17NO7/c1-12(25)13-4-8-16(9-5-13)30-23-18(27)11-20-21(22(23)28)17(24-29)10-19(31-20)14-2-6-15(26)7-3-14/h2-11,26-29H,1H3/b24-17+. The molecule has 0 aliphatic heterocycles. The molecular weight excluding hydrogens is 402 g/mol. The highest BCUT2D eigenvalue weighted by Gasteiger charge is 2.19. The lowest BCUT2D eigenvalue weighted by molar-refractivity contribution is 0.101. The van der Waals surface area contributed by atoms with Gasteiger partial charge in [-0.25, -0.2) is 0 Å². The molecule has 31 heavy (non-hydrogen) atoms. The molecule has 0 spiro atoms. The van der Waals surface area contributed by atoms with Crippen LogP contribution in [0, 0.1) is 0 Å². The first-order valence-electron chi connectivity index (χ1n) is 9.16. The van der Waals surface area contributed by atoms with Crippen molar-refractivity contribution in [2.45, 2.75) is 6.92 Å². The fourth-order valence-electron chi connectivity index (χ4n) is 3.11. The van der Waals surface area contributed by atoms with E-state index in [1.807, 2.05) is 0 Å². The average molecular weight is 419 g/mol. The quantitative estimate of drug-likeness (QED) is 0.217. The van der Waals surface area contributed by atoms with E-state index in [0.717, 1.165) is 0 Å². The molecule has 1 aromatic heterocycles.